The van der Waals surface area contributed by atoms with E-state index in [9.17, 15) is 9.90 Å². The number of piperazine rings is 1. The molecule has 6 nitrogen and oxygen atoms in total. The van der Waals surface area contributed by atoms with Crippen LogP contribution in [0.15, 0.2) is 65.1 Å². The first kappa shape index (κ1) is 20.3. The number of carbonyl (C=O) groups is 1. The number of nitrogens with zero attached hydrogens (tertiary/aromatic N) is 2. The predicted octanol–water partition coefficient (Wildman–Crippen LogP) is 3.74. The van der Waals surface area contributed by atoms with E-state index in [1.54, 1.807) is 12.1 Å². The van der Waals surface area contributed by atoms with Gasteiger partial charge in [0.25, 0.3) is 0 Å². The second-order valence-electron chi connectivity index (χ2n) is 7.33. The molecule has 0 atom stereocenters. The topological polar surface area (TPSA) is 69.0 Å². The van der Waals surface area contributed by atoms with Gasteiger partial charge in [-0.15, -0.1) is 0 Å². The minimum Gasteiger partial charge on any atom is -0.508 e. The summed E-state index contributed by atoms with van der Waals surface area (Å²) in [5, 5.41) is 13.0. The summed E-state index contributed by atoms with van der Waals surface area (Å²) in [6.07, 6.45) is 0. The lowest BCUT2D eigenvalue weighted by molar-refractivity contribution is -0.122. The molecule has 2 heterocycles. The minimum atomic E-state index is -0.0162. The van der Waals surface area contributed by atoms with Gasteiger partial charge < -0.3 is 19.7 Å². The Hall–Kier alpha value is -2.96. The molecule has 1 aromatic heterocycles. The van der Waals surface area contributed by atoms with E-state index >= 15 is 0 Å². The molecule has 30 heavy (non-hydrogen) atoms. The highest BCUT2D eigenvalue weighted by molar-refractivity contribution is 6.30. The van der Waals surface area contributed by atoms with Gasteiger partial charge in [0.05, 0.1) is 13.1 Å². The molecular weight excluding hydrogens is 402 g/mol. The van der Waals surface area contributed by atoms with Gasteiger partial charge in [-0.05, 0) is 60.7 Å². The van der Waals surface area contributed by atoms with Gasteiger partial charge in [0, 0.05) is 42.5 Å². The lowest BCUT2D eigenvalue weighted by Crippen LogP contribution is -2.49. The molecule has 0 radical (unpaired) electrons. The van der Waals surface area contributed by atoms with Crippen molar-refractivity contribution in [3.05, 3.63) is 71.4 Å². The first-order valence-electron chi connectivity index (χ1n) is 9.94. The summed E-state index contributed by atoms with van der Waals surface area (Å²) in [5.74, 6) is 1.72. The zero-order chi connectivity index (χ0) is 20.9. The molecule has 156 valence electrons. The quantitative estimate of drug-likeness (QED) is 0.629. The van der Waals surface area contributed by atoms with Crippen LogP contribution in [-0.4, -0.2) is 48.6 Å². The number of aromatic hydroxyl groups is 1. The number of rotatable bonds is 6. The number of carbonyl (C=O) groups excluding carboxylic acids is 1. The molecule has 0 spiro atoms. The molecule has 3 aromatic rings. The van der Waals surface area contributed by atoms with E-state index in [1.165, 1.54) is 0 Å². The van der Waals surface area contributed by atoms with Crippen molar-refractivity contribution < 1.29 is 14.3 Å². The van der Waals surface area contributed by atoms with Crippen LogP contribution in [0.3, 0.4) is 0 Å². The van der Waals surface area contributed by atoms with Gasteiger partial charge in [0.1, 0.15) is 17.3 Å². The van der Waals surface area contributed by atoms with E-state index in [4.69, 9.17) is 16.0 Å². The third-order valence-corrected chi connectivity index (χ3v) is 5.46. The molecule has 2 N–H and O–H groups in total. The summed E-state index contributed by atoms with van der Waals surface area (Å²) < 4.78 is 5.83. The minimum absolute atomic E-state index is 0.0162. The van der Waals surface area contributed by atoms with Gasteiger partial charge >= 0.3 is 0 Å². The summed E-state index contributed by atoms with van der Waals surface area (Å²) >= 11 is 5.92. The van der Waals surface area contributed by atoms with Gasteiger partial charge in [-0.3, -0.25) is 9.69 Å². The largest absolute Gasteiger partial charge is 0.508 e. The summed E-state index contributed by atoms with van der Waals surface area (Å²) in [6, 6.07) is 18.4. The van der Waals surface area contributed by atoms with Gasteiger partial charge in [-0.1, -0.05) is 11.6 Å². The van der Waals surface area contributed by atoms with Crippen LogP contribution >= 0.6 is 11.6 Å². The highest BCUT2D eigenvalue weighted by Crippen LogP contribution is 2.24. The van der Waals surface area contributed by atoms with Crippen LogP contribution in [0.1, 0.15) is 5.76 Å². The van der Waals surface area contributed by atoms with Crippen molar-refractivity contribution >= 4 is 23.2 Å². The number of nitrogens with one attached hydrogen (secondary N) is 1. The maximum atomic E-state index is 12.3. The average molecular weight is 426 g/mol. The van der Waals surface area contributed by atoms with E-state index in [0.29, 0.717) is 23.9 Å². The fourth-order valence-corrected chi connectivity index (χ4v) is 3.64. The monoisotopic (exact) mass is 425 g/mol. The van der Waals surface area contributed by atoms with Gasteiger partial charge in [0.15, 0.2) is 0 Å². The Morgan fingerprint density at radius 3 is 2.37 bits per heavy atom. The highest BCUT2D eigenvalue weighted by Gasteiger charge is 2.19. The van der Waals surface area contributed by atoms with Crippen molar-refractivity contribution in [2.75, 3.05) is 37.6 Å². The Kier molecular flexibility index (Phi) is 6.26. The summed E-state index contributed by atoms with van der Waals surface area (Å²) in [4.78, 5) is 16.7. The second-order valence-corrected chi connectivity index (χ2v) is 7.77. The zero-order valence-corrected chi connectivity index (χ0v) is 17.3. The molecule has 4 rings (SSSR count). The van der Waals surface area contributed by atoms with E-state index < -0.39 is 0 Å². The van der Waals surface area contributed by atoms with Crippen LogP contribution in [0.5, 0.6) is 5.75 Å². The number of anilines is 1. The molecule has 0 unspecified atom stereocenters. The van der Waals surface area contributed by atoms with Crippen LogP contribution in [0, 0.1) is 0 Å². The standard InChI is InChI=1S/C23H24ClN3O3/c24-18-3-1-17(2-4-18)22-10-9-21(30-22)15-25-23(29)16-26-11-13-27(14-12-26)19-5-7-20(28)8-6-19/h1-10,28H,11-16H2,(H,25,29). The highest BCUT2D eigenvalue weighted by atomic mass is 35.5. The van der Waals surface area contributed by atoms with E-state index in [2.05, 4.69) is 15.1 Å². The number of halogens is 1. The number of hydrogen-bond acceptors (Lipinski definition) is 5. The average Bonchev–Trinajstić information content (AvgIpc) is 3.23. The van der Waals surface area contributed by atoms with Crippen molar-refractivity contribution in [3.63, 3.8) is 0 Å². The normalized spacial score (nSPS) is 14.6. The Labute approximate surface area is 180 Å². The van der Waals surface area contributed by atoms with Crippen LogP contribution < -0.4 is 10.2 Å². The maximum absolute atomic E-state index is 12.3. The van der Waals surface area contributed by atoms with Crippen LogP contribution in [-0.2, 0) is 11.3 Å². The second kappa shape index (κ2) is 9.24. The SMILES string of the molecule is O=C(CN1CCN(c2ccc(O)cc2)CC1)NCc1ccc(-c2ccc(Cl)cc2)o1. The number of phenolic OH excluding ortho intramolecular Hbond substituents is 1. The predicted molar refractivity (Wildman–Crippen MR) is 118 cm³/mol. The first-order valence-corrected chi connectivity index (χ1v) is 10.3. The van der Waals surface area contributed by atoms with Gasteiger partial charge in [-0.2, -0.15) is 0 Å². The molecule has 0 aliphatic carbocycles. The third kappa shape index (κ3) is 5.14. The molecule has 2 aromatic carbocycles. The van der Waals surface area contributed by atoms with E-state index in [1.807, 2.05) is 48.5 Å². The Morgan fingerprint density at radius 1 is 0.967 bits per heavy atom. The fourth-order valence-electron chi connectivity index (χ4n) is 3.51. The summed E-state index contributed by atoms with van der Waals surface area (Å²) in [7, 11) is 0. The zero-order valence-electron chi connectivity index (χ0n) is 16.6. The lowest BCUT2D eigenvalue weighted by Gasteiger charge is -2.35. The number of amides is 1. The fraction of sp³-hybridized carbons (Fsp3) is 0.261. The van der Waals surface area contributed by atoms with Crippen LogP contribution in [0.2, 0.25) is 5.02 Å². The van der Waals surface area contributed by atoms with E-state index in [0.717, 1.165) is 43.2 Å². The molecule has 1 aliphatic rings. The summed E-state index contributed by atoms with van der Waals surface area (Å²) in [5.41, 5.74) is 2.04. The molecule has 0 saturated carbocycles. The Bertz CT molecular complexity index is 978. The van der Waals surface area contributed by atoms with Crippen LogP contribution in [0.4, 0.5) is 5.69 Å². The maximum Gasteiger partial charge on any atom is 0.234 e. The molecule has 1 saturated heterocycles. The van der Waals surface area contributed by atoms with Gasteiger partial charge in [-0.25, -0.2) is 0 Å². The number of benzene rings is 2. The van der Waals surface area contributed by atoms with Crippen molar-refractivity contribution in [1.29, 1.82) is 0 Å². The van der Waals surface area contributed by atoms with Crippen molar-refractivity contribution in [3.8, 4) is 17.1 Å². The van der Waals surface area contributed by atoms with Crippen molar-refractivity contribution in [2.45, 2.75) is 6.54 Å². The molecule has 1 fully saturated rings. The molecule has 1 amide bonds. The van der Waals surface area contributed by atoms with Gasteiger partial charge in [0.2, 0.25) is 5.91 Å². The first-order chi connectivity index (χ1) is 14.6. The molecule has 7 heteroatoms. The lowest BCUT2D eigenvalue weighted by atomic mass is 10.2. The molecular formula is C23H24ClN3O3. The van der Waals surface area contributed by atoms with Crippen molar-refractivity contribution in [1.82, 2.24) is 10.2 Å². The molecule has 0 bridgehead atoms. The van der Waals surface area contributed by atoms with E-state index in [-0.39, 0.29) is 11.7 Å². The number of furan rings is 1. The van der Waals surface area contributed by atoms with Crippen molar-refractivity contribution in [2.24, 2.45) is 0 Å². The Balaban J connectivity index is 1.22. The van der Waals surface area contributed by atoms with Crippen LogP contribution in [0.25, 0.3) is 11.3 Å². The summed E-state index contributed by atoms with van der Waals surface area (Å²) in [6.45, 7) is 4.06. The third-order valence-electron chi connectivity index (χ3n) is 5.20. The number of hydrogen-bond donors (Lipinski definition) is 2. The Morgan fingerprint density at radius 2 is 1.67 bits per heavy atom. The number of phenols is 1. The molecule has 1 aliphatic heterocycles. The smallest absolute Gasteiger partial charge is 0.234 e.